The molecule has 0 bridgehead atoms. The number of benzene rings is 11. The van der Waals surface area contributed by atoms with E-state index in [0.717, 1.165) is 138 Å². The minimum atomic E-state index is -1.60. The lowest BCUT2D eigenvalue weighted by Gasteiger charge is -2.33. The Hall–Kier alpha value is -9.63. The van der Waals surface area contributed by atoms with Crippen molar-refractivity contribution in [2.24, 2.45) is 5.41 Å². The lowest BCUT2D eigenvalue weighted by molar-refractivity contribution is 0.0342. The molecule has 0 saturated carbocycles. The molecule has 0 atom stereocenters. The highest BCUT2D eigenvalue weighted by Gasteiger charge is 2.34. The van der Waals surface area contributed by atoms with Crippen LogP contribution < -0.4 is 27.0 Å². The zero-order chi connectivity index (χ0) is 71.4. The molecular weight excluding hydrogens is 1350 g/mol. The average molecular weight is 1440 g/mol. The largest absolute Gasteiger partial charge is 0.494 e. The minimum absolute atomic E-state index is 0.125. The maximum atomic E-state index is 10.4. The van der Waals surface area contributed by atoms with E-state index < -0.39 is 14.2 Å². The number of halogens is 1. The summed E-state index contributed by atoms with van der Waals surface area (Å²) in [5.74, 6) is 0. The maximum Gasteiger partial charge on any atom is 0.494 e. The monoisotopic (exact) mass is 1430 g/mol. The van der Waals surface area contributed by atoms with E-state index in [1.807, 2.05) is 121 Å². The number of rotatable bonds is 22. The summed E-state index contributed by atoms with van der Waals surface area (Å²) in [6.45, 7) is 12.5. The molecule has 1 aliphatic rings. The van der Waals surface area contributed by atoms with E-state index in [1.165, 1.54) is 38.2 Å². The van der Waals surface area contributed by atoms with Gasteiger partial charge in [-0.15, -0.1) is 0 Å². The number of pyridine rings is 4. The first kappa shape index (κ1) is 71.4. The molecule has 15 aromatic rings. The normalized spacial score (nSPS) is 13.0. The third kappa shape index (κ3) is 16.6. The first-order valence-corrected chi connectivity index (χ1v) is 36.7. The van der Waals surface area contributed by atoms with Crippen molar-refractivity contribution in [3.63, 3.8) is 0 Å². The summed E-state index contributed by atoms with van der Waals surface area (Å²) in [5.41, 5.74) is 17.9. The quantitative estimate of drug-likeness (QED) is 0.0163. The van der Waals surface area contributed by atoms with Gasteiger partial charge in [-0.1, -0.05) is 248 Å². The number of nitrogens with one attached hydrogen (secondary N) is 2. The predicted molar refractivity (Wildman–Crippen MR) is 431 cm³/mol. The fraction of sp³-hybridized carbons (Fsp3) is 0.186. The second-order valence-corrected chi connectivity index (χ2v) is 27.9. The highest BCUT2D eigenvalue weighted by Crippen LogP contribution is 2.32. The van der Waals surface area contributed by atoms with Crippen molar-refractivity contribution < 1.29 is 29.4 Å². The van der Waals surface area contributed by atoms with Crippen molar-refractivity contribution in [3.8, 4) is 0 Å². The molecule has 16 rings (SSSR count). The Morgan fingerprint density at radius 3 is 0.942 bits per heavy atom. The van der Waals surface area contributed by atoms with Gasteiger partial charge in [0, 0.05) is 132 Å². The number of alkyl halides is 1. The van der Waals surface area contributed by atoms with Crippen LogP contribution in [0.15, 0.2) is 267 Å². The summed E-state index contributed by atoms with van der Waals surface area (Å²) in [6, 6.07) is 89.7. The molecule has 5 heterocycles. The van der Waals surface area contributed by atoms with Crippen LogP contribution in [0.5, 0.6) is 0 Å². The van der Waals surface area contributed by atoms with Crippen LogP contribution in [0.3, 0.4) is 0 Å². The molecule has 1 aliphatic heterocycles. The summed E-state index contributed by atoms with van der Waals surface area (Å²) < 4.78 is 11.6. The molecule has 0 spiro atoms. The van der Waals surface area contributed by atoms with Gasteiger partial charge in [0.2, 0.25) is 0 Å². The number of hydrogen-bond acceptors (Lipinski definition) is 14. The number of hydrogen-bond donors (Lipinski definition) is 6. The van der Waals surface area contributed by atoms with E-state index in [1.54, 1.807) is 12.1 Å². The molecule has 18 heteroatoms. The Kier molecular flexibility index (Phi) is 22.9. The van der Waals surface area contributed by atoms with Gasteiger partial charge in [0.1, 0.15) is 0 Å². The van der Waals surface area contributed by atoms with Crippen LogP contribution in [0.25, 0.3) is 87.2 Å². The fourth-order valence-corrected chi connectivity index (χ4v) is 14.8. The van der Waals surface area contributed by atoms with Gasteiger partial charge in [0.05, 0.1) is 44.1 Å². The Morgan fingerprint density at radius 1 is 0.365 bits per heavy atom. The summed E-state index contributed by atoms with van der Waals surface area (Å²) >= 11 is 3.49. The Balaban J connectivity index is 0.000000154. The number of para-hydroxylation sites is 8. The number of nitrogens with zero attached hydrogens (tertiary/aromatic N) is 6. The summed E-state index contributed by atoms with van der Waals surface area (Å²) in [7, 11) is -3.41. The summed E-state index contributed by atoms with van der Waals surface area (Å²) in [5, 5.41) is 58.7. The van der Waals surface area contributed by atoms with Crippen molar-refractivity contribution in [1.29, 1.82) is 0 Å². The molecular formula is C86H82B3BrN8O6. The van der Waals surface area contributed by atoms with Gasteiger partial charge in [-0.3, -0.25) is 9.80 Å². The first-order chi connectivity index (χ1) is 50.9. The van der Waals surface area contributed by atoms with Crippen molar-refractivity contribution in [2.45, 2.75) is 58.4 Å². The minimum Gasteiger partial charge on any atom is -0.423 e. The van der Waals surface area contributed by atoms with Crippen LogP contribution in [0.4, 0.5) is 0 Å². The fourth-order valence-electron chi connectivity index (χ4n) is 14.3. The Morgan fingerprint density at radius 2 is 0.635 bits per heavy atom. The molecule has 1 saturated heterocycles. The average Bonchev–Trinajstić information content (AvgIpc) is 0.809. The van der Waals surface area contributed by atoms with Gasteiger partial charge in [0.25, 0.3) is 0 Å². The van der Waals surface area contributed by atoms with Gasteiger partial charge >= 0.3 is 21.4 Å². The molecule has 0 aliphatic carbocycles. The van der Waals surface area contributed by atoms with Crippen molar-refractivity contribution in [1.82, 2.24) is 40.4 Å². The smallest absolute Gasteiger partial charge is 0.423 e. The van der Waals surface area contributed by atoms with Gasteiger partial charge in [-0.25, -0.2) is 19.9 Å². The lowest BCUT2D eigenvalue weighted by atomic mass is 9.74. The number of aromatic nitrogens is 4. The van der Waals surface area contributed by atoms with Crippen LogP contribution in [-0.2, 0) is 53.9 Å². The third-order valence-corrected chi connectivity index (χ3v) is 20.1. The van der Waals surface area contributed by atoms with Gasteiger partial charge in [0.15, 0.2) is 0 Å². The predicted octanol–water partition coefficient (Wildman–Crippen LogP) is 13.5. The standard InChI is InChI=1S/C44H40B2N4O4.C30H26N4.C12H16BBrO2/c51-45(52)39-19-7-1-13-31(39)27-49(29-37-33-15-3-9-21-41(33)47-42-22-10-4-16-34(37)42)25-26-50(28-32-14-2-8-20-40(32)46(53)54)30-38-35-17-5-11-23-43(35)48-44-24-12-6-18-36(38)44;1-5-13-27-21(9-1)25(22-10-2-6-14-28(22)33-27)19-31-17-18-32-20-26-23-11-3-7-15-29(23)34-30-16-8-4-12-24(26)30;1-12(2)8-15-13(16-9-12)11-6-4-3-5-10(11)7-14/h1-24,51-54H,25-30H2;1-16,31-32H,17-20H2;3-6H,7-9H2,1-2H3. The third-order valence-electron chi connectivity index (χ3n) is 19.5. The SMILES string of the molecule is CC1(C)COB(c2ccccc2CBr)OC1.OB(O)c1ccccc1CN(CCN(Cc1ccccc1B(O)O)Cc1c2ccccc2nc2ccccc12)Cc1c2ccccc2nc2ccccc12.c1ccc2c(CNCCNCc3c4ccccc4nc4ccccc34)c3ccccc3nc2c1. The van der Waals surface area contributed by atoms with Crippen LogP contribution in [0, 0.1) is 5.41 Å². The Bertz CT molecular complexity index is 4980. The van der Waals surface area contributed by atoms with E-state index in [4.69, 9.17) is 29.2 Å². The van der Waals surface area contributed by atoms with E-state index in [0.29, 0.717) is 50.2 Å². The maximum absolute atomic E-state index is 10.4. The van der Waals surface area contributed by atoms with Gasteiger partial charge in [-0.05, 0) is 104 Å². The summed E-state index contributed by atoms with van der Waals surface area (Å²) in [4.78, 5) is 24.3. The van der Waals surface area contributed by atoms with Gasteiger partial charge in [-0.2, -0.15) is 0 Å². The van der Waals surface area contributed by atoms with E-state index in [9.17, 15) is 20.1 Å². The topological polar surface area (TPSA) is 181 Å². The van der Waals surface area contributed by atoms with Crippen molar-refractivity contribution in [2.75, 3.05) is 39.4 Å². The van der Waals surface area contributed by atoms with Gasteiger partial charge < -0.3 is 40.0 Å². The second-order valence-electron chi connectivity index (χ2n) is 27.4. The van der Waals surface area contributed by atoms with Crippen LogP contribution in [0.2, 0.25) is 0 Å². The van der Waals surface area contributed by atoms with Crippen molar-refractivity contribution in [3.05, 3.63) is 306 Å². The van der Waals surface area contributed by atoms with Crippen LogP contribution in [0.1, 0.15) is 52.8 Å². The molecule has 0 radical (unpaired) electrons. The molecule has 1 fully saturated rings. The molecule has 4 aromatic heterocycles. The second kappa shape index (κ2) is 33.4. The zero-order valence-corrected chi connectivity index (χ0v) is 60.1. The lowest BCUT2D eigenvalue weighted by Crippen LogP contribution is -2.48. The molecule has 104 heavy (non-hydrogen) atoms. The highest BCUT2D eigenvalue weighted by molar-refractivity contribution is 9.08. The summed E-state index contributed by atoms with van der Waals surface area (Å²) in [6.07, 6.45) is 0. The molecule has 518 valence electrons. The molecule has 11 aromatic carbocycles. The van der Waals surface area contributed by atoms with Crippen molar-refractivity contribution >= 4 is 141 Å². The molecule has 0 unspecified atom stereocenters. The zero-order valence-electron chi connectivity index (χ0n) is 58.5. The molecule has 0 amide bonds. The van der Waals surface area contributed by atoms with E-state index in [-0.39, 0.29) is 12.5 Å². The first-order valence-electron chi connectivity index (χ1n) is 35.6. The van der Waals surface area contributed by atoms with Crippen LogP contribution in [-0.4, -0.2) is 111 Å². The number of fused-ring (bicyclic) bond motifs is 8. The van der Waals surface area contributed by atoms with E-state index >= 15 is 0 Å². The van der Waals surface area contributed by atoms with Crippen LogP contribution >= 0.6 is 15.9 Å². The molecule has 14 nitrogen and oxygen atoms in total. The Labute approximate surface area is 616 Å². The highest BCUT2D eigenvalue weighted by atomic mass is 79.9. The molecule has 6 N–H and O–H groups in total. The van der Waals surface area contributed by atoms with E-state index in [2.05, 4.69) is 184 Å².